The van der Waals surface area contributed by atoms with E-state index in [-0.39, 0.29) is 5.75 Å². The third-order valence-corrected chi connectivity index (χ3v) is 2.76. The standard InChI is InChI=1S/C10H7N5O2S/c11-3-6-1-2-7(12-4-6)9-13-10(15-14-9)18-5-8(16)17/h1-2,4H,5H2,(H,16,17)(H,13,14,15). The van der Waals surface area contributed by atoms with Gasteiger partial charge < -0.3 is 5.11 Å². The van der Waals surface area contributed by atoms with Gasteiger partial charge in [-0.1, -0.05) is 11.8 Å². The molecule has 0 spiro atoms. The van der Waals surface area contributed by atoms with E-state index in [1.54, 1.807) is 12.1 Å². The van der Waals surface area contributed by atoms with Gasteiger partial charge in [0.15, 0.2) is 5.82 Å². The number of aromatic amines is 1. The Morgan fingerprint density at radius 3 is 3.00 bits per heavy atom. The Kier molecular flexibility index (Phi) is 3.54. The molecule has 90 valence electrons. The van der Waals surface area contributed by atoms with E-state index in [9.17, 15) is 4.79 Å². The fraction of sp³-hybridized carbons (Fsp3) is 0.100. The molecule has 8 heteroatoms. The number of nitrogens with zero attached hydrogens (tertiary/aromatic N) is 4. The highest BCUT2D eigenvalue weighted by Gasteiger charge is 2.08. The Bertz CT molecular complexity index is 601. The second-order valence-corrected chi connectivity index (χ2v) is 4.14. The molecule has 0 bridgehead atoms. The van der Waals surface area contributed by atoms with E-state index >= 15 is 0 Å². The van der Waals surface area contributed by atoms with Crippen molar-refractivity contribution in [3.8, 4) is 17.6 Å². The summed E-state index contributed by atoms with van der Waals surface area (Å²) in [5.41, 5.74) is 1.00. The minimum Gasteiger partial charge on any atom is -0.481 e. The van der Waals surface area contributed by atoms with Crippen LogP contribution in [-0.2, 0) is 4.79 Å². The summed E-state index contributed by atoms with van der Waals surface area (Å²) in [5.74, 6) is -0.590. The first-order valence-electron chi connectivity index (χ1n) is 4.82. The summed E-state index contributed by atoms with van der Waals surface area (Å²) in [6.07, 6.45) is 1.43. The van der Waals surface area contributed by atoms with Crippen molar-refractivity contribution < 1.29 is 9.90 Å². The highest BCUT2D eigenvalue weighted by molar-refractivity contribution is 7.99. The molecule has 0 aliphatic heterocycles. The average Bonchev–Trinajstić information content (AvgIpc) is 2.85. The van der Waals surface area contributed by atoms with Gasteiger partial charge in [0.2, 0.25) is 5.16 Å². The van der Waals surface area contributed by atoms with Crippen LogP contribution in [0.3, 0.4) is 0 Å². The van der Waals surface area contributed by atoms with Gasteiger partial charge in [-0.3, -0.25) is 14.9 Å². The van der Waals surface area contributed by atoms with Crippen LogP contribution in [0.1, 0.15) is 5.56 Å². The SMILES string of the molecule is N#Cc1ccc(-c2nc(SCC(=O)O)n[nH]2)nc1. The molecule has 18 heavy (non-hydrogen) atoms. The Hall–Kier alpha value is -2.40. The monoisotopic (exact) mass is 261 g/mol. The molecule has 2 heterocycles. The Morgan fingerprint density at radius 1 is 1.56 bits per heavy atom. The van der Waals surface area contributed by atoms with E-state index in [1.165, 1.54) is 6.20 Å². The number of carbonyl (C=O) groups is 1. The number of rotatable bonds is 4. The van der Waals surface area contributed by atoms with Gasteiger partial charge in [0.1, 0.15) is 11.8 Å². The van der Waals surface area contributed by atoms with Crippen molar-refractivity contribution in [3.05, 3.63) is 23.9 Å². The largest absolute Gasteiger partial charge is 0.481 e. The van der Waals surface area contributed by atoms with E-state index in [2.05, 4.69) is 20.2 Å². The lowest BCUT2D eigenvalue weighted by molar-refractivity contribution is -0.133. The molecule has 0 aliphatic rings. The Balaban J connectivity index is 2.13. The van der Waals surface area contributed by atoms with Gasteiger partial charge in [-0.05, 0) is 12.1 Å². The van der Waals surface area contributed by atoms with Crippen LogP contribution in [0.2, 0.25) is 0 Å². The fourth-order valence-corrected chi connectivity index (χ4v) is 1.67. The number of hydrogen-bond donors (Lipinski definition) is 2. The maximum absolute atomic E-state index is 10.4. The number of nitrogens with one attached hydrogen (secondary N) is 1. The highest BCUT2D eigenvalue weighted by atomic mass is 32.2. The lowest BCUT2D eigenvalue weighted by atomic mass is 10.2. The predicted molar refractivity (Wildman–Crippen MR) is 62.7 cm³/mol. The van der Waals surface area contributed by atoms with Gasteiger partial charge in [-0.25, -0.2) is 0 Å². The molecule has 0 aliphatic carbocycles. The van der Waals surface area contributed by atoms with Gasteiger partial charge in [0, 0.05) is 6.20 Å². The summed E-state index contributed by atoms with van der Waals surface area (Å²) in [6.45, 7) is 0. The lowest BCUT2D eigenvalue weighted by Gasteiger charge is -1.93. The van der Waals surface area contributed by atoms with Crippen LogP contribution in [0, 0.1) is 11.3 Å². The zero-order valence-corrected chi connectivity index (χ0v) is 9.81. The van der Waals surface area contributed by atoms with Crippen molar-refractivity contribution >= 4 is 17.7 Å². The van der Waals surface area contributed by atoms with E-state index in [1.807, 2.05) is 6.07 Å². The number of aromatic nitrogens is 4. The molecular formula is C10H7N5O2S. The van der Waals surface area contributed by atoms with Crippen molar-refractivity contribution in [1.82, 2.24) is 20.2 Å². The molecular weight excluding hydrogens is 254 g/mol. The minimum absolute atomic E-state index is 0.0991. The van der Waals surface area contributed by atoms with Crippen molar-refractivity contribution in [1.29, 1.82) is 5.26 Å². The van der Waals surface area contributed by atoms with Crippen molar-refractivity contribution in [2.24, 2.45) is 0 Å². The molecule has 0 radical (unpaired) electrons. The first kappa shape index (κ1) is 12.1. The summed E-state index contributed by atoms with van der Waals surface area (Å²) < 4.78 is 0. The molecule has 0 atom stereocenters. The van der Waals surface area contributed by atoms with Crippen LogP contribution in [0.5, 0.6) is 0 Å². The maximum Gasteiger partial charge on any atom is 0.313 e. The zero-order valence-electron chi connectivity index (χ0n) is 8.99. The smallest absolute Gasteiger partial charge is 0.313 e. The molecule has 2 aromatic heterocycles. The van der Waals surface area contributed by atoms with Crippen molar-refractivity contribution in [2.75, 3.05) is 5.75 Å². The summed E-state index contributed by atoms with van der Waals surface area (Å²) >= 11 is 1.02. The number of H-pyrrole nitrogens is 1. The molecule has 0 saturated heterocycles. The van der Waals surface area contributed by atoms with Gasteiger partial charge in [-0.15, -0.1) is 5.10 Å². The van der Waals surface area contributed by atoms with E-state index in [0.29, 0.717) is 22.2 Å². The molecule has 0 unspecified atom stereocenters. The maximum atomic E-state index is 10.4. The topological polar surface area (TPSA) is 116 Å². The number of aliphatic carboxylic acids is 1. The molecule has 0 aromatic carbocycles. The molecule has 7 nitrogen and oxygen atoms in total. The van der Waals surface area contributed by atoms with Crippen molar-refractivity contribution in [3.63, 3.8) is 0 Å². The quantitative estimate of drug-likeness (QED) is 0.786. The van der Waals surface area contributed by atoms with Gasteiger partial charge in [0.25, 0.3) is 0 Å². The minimum atomic E-state index is -0.928. The third-order valence-electron chi connectivity index (χ3n) is 1.92. The van der Waals surface area contributed by atoms with Gasteiger partial charge in [0.05, 0.1) is 11.3 Å². The molecule has 0 saturated carbocycles. The second-order valence-electron chi connectivity index (χ2n) is 3.19. The Morgan fingerprint density at radius 2 is 2.39 bits per heavy atom. The van der Waals surface area contributed by atoms with Crippen LogP contribution < -0.4 is 0 Å². The van der Waals surface area contributed by atoms with Crippen LogP contribution in [0.4, 0.5) is 0 Å². The normalized spacial score (nSPS) is 9.94. The lowest BCUT2D eigenvalue weighted by Crippen LogP contribution is -1.97. The molecule has 2 N–H and O–H groups in total. The van der Waals surface area contributed by atoms with Gasteiger partial charge >= 0.3 is 5.97 Å². The van der Waals surface area contributed by atoms with Crippen LogP contribution >= 0.6 is 11.8 Å². The molecule has 0 fully saturated rings. The second kappa shape index (κ2) is 5.29. The molecule has 2 rings (SSSR count). The Labute approximate surface area is 106 Å². The summed E-state index contributed by atoms with van der Waals surface area (Å²) in [5, 5.41) is 24.0. The van der Waals surface area contributed by atoms with Gasteiger partial charge in [-0.2, -0.15) is 10.2 Å². The van der Waals surface area contributed by atoms with Crippen LogP contribution in [-0.4, -0.2) is 37.0 Å². The number of carboxylic acids is 1. The summed E-state index contributed by atoms with van der Waals surface area (Å²) in [7, 11) is 0. The molecule has 0 amide bonds. The van der Waals surface area contributed by atoms with Crippen LogP contribution in [0.25, 0.3) is 11.5 Å². The first-order valence-corrected chi connectivity index (χ1v) is 5.81. The number of hydrogen-bond acceptors (Lipinski definition) is 6. The van der Waals surface area contributed by atoms with E-state index in [0.717, 1.165) is 11.8 Å². The number of pyridine rings is 1. The fourth-order valence-electron chi connectivity index (χ4n) is 1.15. The zero-order chi connectivity index (χ0) is 13.0. The van der Waals surface area contributed by atoms with Crippen molar-refractivity contribution in [2.45, 2.75) is 5.16 Å². The first-order chi connectivity index (χ1) is 8.69. The summed E-state index contributed by atoms with van der Waals surface area (Å²) in [4.78, 5) is 18.5. The predicted octanol–water partition coefficient (Wildman–Crippen LogP) is 0.915. The number of thioether (sulfide) groups is 1. The number of nitriles is 1. The van der Waals surface area contributed by atoms with Crippen LogP contribution in [0.15, 0.2) is 23.5 Å². The summed E-state index contributed by atoms with van der Waals surface area (Å²) in [6, 6.07) is 5.23. The number of carboxylic acid groups (broad SMARTS) is 1. The van der Waals surface area contributed by atoms with E-state index in [4.69, 9.17) is 10.4 Å². The molecule has 2 aromatic rings. The average molecular weight is 261 g/mol. The third kappa shape index (κ3) is 2.83. The highest BCUT2D eigenvalue weighted by Crippen LogP contribution is 2.17. The van der Waals surface area contributed by atoms with E-state index < -0.39 is 5.97 Å².